The number of aromatic nitrogens is 6. The Morgan fingerprint density at radius 1 is 0.307 bits per heavy atom. The average molecular weight is 1150 g/mol. The second kappa shape index (κ2) is 22.2. The van der Waals surface area contributed by atoms with Gasteiger partial charge >= 0.3 is 0 Å². The molecule has 0 aliphatic heterocycles. The third-order valence-electron chi connectivity index (χ3n) is 18.5. The van der Waals surface area contributed by atoms with Crippen molar-refractivity contribution in [3.8, 4) is 101 Å². The van der Waals surface area contributed by atoms with E-state index in [1.54, 1.807) is 18.2 Å². The molecular weight excluding hydrogens is 1070 g/mol. The number of fused-ring (bicyclic) bond motifs is 9. The number of hydrogen-bond acceptors (Lipinski definition) is 3. The summed E-state index contributed by atoms with van der Waals surface area (Å²) in [7, 11) is 6.24. The van der Waals surface area contributed by atoms with Gasteiger partial charge in [0.2, 0.25) is 17.1 Å². The number of pyridine rings is 6. The van der Waals surface area contributed by atoms with Crippen LogP contribution in [0.1, 0.15) is 106 Å². The monoisotopic (exact) mass is 1150 g/mol. The highest BCUT2D eigenvalue weighted by atomic mass is 14.9. The highest BCUT2D eigenvalue weighted by Gasteiger charge is 2.40. The minimum absolute atomic E-state index is 0.0609. The SMILES string of the molecule is Cc1cc2c(cc1-c1ccc(-c3ccccc3)c[n+]1C)-c1cccnc1C2(C)C.Cc1ccc(-c2ccc(-c3cc4c(cc3C)C(C)(C)c3ncccc3-4)[n+](C)c2)cc1.[2H]C([2H])([2H])C1(C([2H])([2H])[2H])c2cc(C)c(-c3ccc(-c4ccccc4)c[n+]3C)cc2-c2cccnc21. The van der Waals surface area contributed by atoms with E-state index in [1.165, 1.54) is 112 Å². The van der Waals surface area contributed by atoms with Crippen LogP contribution < -0.4 is 13.7 Å². The smallest absolute Gasteiger partial charge is 0.212 e. The first-order chi connectivity index (χ1) is 44.8. The Kier molecular flexibility index (Phi) is 12.7. The van der Waals surface area contributed by atoms with E-state index in [0.717, 1.165) is 27.9 Å². The van der Waals surface area contributed by atoms with E-state index in [9.17, 15) is 0 Å². The minimum Gasteiger partial charge on any atom is -0.260 e. The van der Waals surface area contributed by atoms with Gasteiger partial charge in [-0.3, -0.25) is 15.0 Å². The number of benzene rings is 6. The molecular formula is C82H77N6+3. The van der Waals surface area contributed by atoms with Crippen molar-refractivity contribution in [1.82, 2.24) is 15.0 Å². The molecule has 432 valence electrons. The molecule has 6 aromatic carbocycles. The van der Waals surface area contributed by atoms with Gasteiger partial charge in [0.1, 0.15) is 21.1 Å². The zero-order valence-corrected chi connectivity index (χ0v) is 52.1. The first-order valence-electron chi connectivity index (χ1n) is 33.3. The van der Waals surface area contributed by atoms with E-state index in [1.807, 2.05) is 73.4 Å². The molecule has 0 bridgehead atoms. The highest BCUT2D eigenvalue weighted by molar-refractivity contribution is 5.87. The molecule has 0 radical (unpaired) electrons. The Bertz CT molecular complexity index is 4940. The summed E-state index contributed by atoms with van der Waals surface area (Å²) >= 11 is 0. The molecule has 0 N–H and O–H groups in total. The van der Waals surface area contributed by atoms with Gasteiger partial charge in [0, 0.05) is 111 Å². The molecule has 15 rings (SSSR count). The standard InChI is InChI=1S/C28H27N2.2C27H25N2/c1-18-8-10-20(11-9-18)21-12-13-26(30(5)17-21)23-16-24-22-7-6-14-29-27(22)28(3,4)25(24)15-19(23)2;2*1-18-15-24-23(21-11-8-14-28-26(21)27(24,2)3)16-22(18)25-13-12-20(17-29(25)4)19-9-6-5-7-10-19/h6-17H,1-5H3;2*5-17H,1-4H3/q3*+1/i;2D3,3D3;. The summed E-state index contributed by atoms with van der Waals surface area (Å²) in [5.74, 6) is 0. The summed E-state index contributed by atoms with van der Waals surface area (Å²) < 4.78 is 56.6. The molecule has 0 fully saturated rings. The fourth-order valence-electron chi connectivity index (χ4n) is 13.7. The lowest BCUT2D eigenvalue weighted by Gasteiger charge is -2.21. The van der Waals surface area contributed by atoms with Gasteiger partial charge in [0.15, 0.2) is 18.6 Å². The van der Waals surface area contributed by atoms with Crippen molar-refractivity contribution in [1.29, 1.82) is 0 Å². The summed E-state index contributed by atoms with van der Waals surface area (Å²) in [5, 5.41) is 0. The molecule has 3 aliphatic carbocycles. The van der Waals surface area contributed by atoms with Crippen molar-refractivity contribution < 1.29 is 21.9 Å². The maximum atomic E-state index is 8.35. The third kappa shape index (κ3) is 9.95. The Morgan fingerprint density at radius 2 is 0.614 bits per heavy atom. The number of hydrogen-bond donors (Lipinski definition) is 0. The molecule has 0 amide bonds. The zero-order chi connectivity index (χ0) is 66.4. The van der Waals surface area contributed by atoms with Crippen LogP contribution in [0.15, 0.2) is 231 Å². The molecule has 0 saturated carbocycles. The van der Waals surface area contributed by atoms with Gasteiger partial charge in [-0.05, 0) is 149 Å². The van der Waals surface area contributed by atoms with Crippen LogP contribution in [0.2, 0.25) is 0 Å². The van der Waals surface area contributed by atoms with E-state index >= 15 is 0 Å². The predicted octanol–water partition coefficient (Wildman–Crippen LogP) is 17.9. The van der Waals surface area contributed by atoms with Crippen LogP contribution >= 0.6 is 0 Å². The van der Waals surface area contributed by atoms with Crippen molar-refractivity contribution >= 4 is 0 Å². The van der Waals surface area contributed by atoms with Crippen LogP contribution in [0.5, 0.6) is 0 Å². The molecule has 0 saturated heterocycles. The summed E-state index contributed by atoms with van der Waals surface area (Å²) in [4.78, 5) is 13.8. The Balaban J connectivity index is 0.000000129. The molecule has 6 heterocycles. The largest absolute Gasteiger partial charge is 0.260 e. The molecule has 6 nitrogen and oxygen atoms in total. The lowest BCUT2D eigenvalue weighted by Crippen LogP contribution is -2.31. The van der Waals surface area contributed by atoms with Crippen LogP contribution in [0.3, 0.4) is 0 Å². The second-order valence-corrected chi connectivity index (χ2v) is 25.2. The molecule has 6 heteroatoms. The van der Waals surface area contributed by atoms with Gasteiger partial charge in [-0.2, -0.15) is 0 Å². The van der Waals surface area contributed by atoms with Crippen LogP contribution in [-0.2, 0) is 37.4 Å². The van der Waals surface area contributed by atoms with Crippen molar-refractivity contribution in [2.24, 2.45) is 21.1 Å². The predicted molar refractivity (Wildman–Crippen MR) is 360 cm³/mol. The van der Waals surface area contributed by atoms with Gasteiger partial charge in [-0.15, -0.1) is 0 Å². The maximum Gasteiger partial charge on any atom is 0.212 e. The quantitative estimate of drug-likeness (QED) is 0.156. The normalized spacial score (nSPS) is 15.1. The fourth-order valence-corrected chi connectivity index (χ4v) is 13.7. The highest BCUT2D eigenvalue weighted by Crippen LogP contribution is 2.52. The Labute approximate surface area is 528 Å². The summed E-state index contributed by atoms with van der Waals surface area (Å²) in [5.41, 5.74) is 28.1. The first kappa shape index (κ1) is 50.4. The molecule has 6 aromatic heterocycles. The van der Waals surface area contributed by atoms with Gasteiger partial charge in [-0.25, -0.2) is 13.7 Å². The maximum absolute atomic E-state index is 8.35. The molecule has 0 spiro atoms. The zero-order valence-electron chi connectivity index (χ0n) is 58.1. The summed E-state index contributed by atoms with van der Waals surface area (Å²) in [6.07, 6.45) is 11.8. The van der Waals surface area contributed by atoms with Crippen LogP contribution in [0, 0.1) is 27.7 Å². The summed E-state index contributed by atoms with van der Waals surface area (Å²) in [6.45, 7) is 11.9. The fraction of sp³-hybridized carbons (Fsp3) is 0.195. The van der Waals surface area contributed by atoms with Crippen molar-refractivity contribution in [3.63, 3.8) is 0 Å². The average Bonchev–Trinajstić information content (AvgIpc) is 1.51. The second-order valence-electron chi connectivity index (χ2n) is 25.2. The van der Waals surface area contributed by atoms with E-state index in [2.05, 4.69) is 229 Å². The number of nitrogens with zero attached hydrogens (tertiary/aromatic N) is 6. The van der Waals surface area contributed by atoms with Crippen molar-refractivity contribution in [3.05, 3.63) is 287 Å². The van der Waals surface area contributed by atoms with E-state index in [4.69, 9.17) is 18.2 Å². The molecule has 3 aliphatic rings. The van der Waals surface area contributed by atoms with Crippen molar-refractivity contribution in [2.75, 3.05) is 0 Å². The first-order valence-corrected chi connectivity index (χ1v) is 30.3. The van der Waals surface area contributed by atoms with E-state index < -0.39 is 19.1 Å². The number of aryl methyl sites for hydroxylation is 7. The van der Waals surface area contributed by atoms with Gasteiger partial charge in [-0.1, -0.05) is 168 Å². The lowest BCUT2D eigenvalue weighted by molar-refractivity contribution is -0.660. The summed E-state index contributed by atoms with van der Waals surface area (Å²) in [6, 6.07) is 67.4. The van der Waals surface area contributed by atoms with Crippen LogP contribution in [0.25, 0.3) is 101 Å². The van der Waals surface area contributed by atoms with Gasteiger partial charge in [0.25, 0.3) is 0 Å². The topological polar surface area (TPSA) is 50.3 Å². The Morgan fingerprint density at radius 3 is 0.943 bits per heavy atom. The van der Waals surface area contributed by atoms with Crippen LogP contribution in [0.4, 0.5) is 0 Å². The van der Waals surface area contributed by atoms with Crippen LogP contribution in [-0.4, -0.2) is 15.0 Å². The molecule has 12 aromatic rings. The third-order valence-corrected chi connectivity index (χ3v) is 18.5. The molecule has 0 atom stereocenters. The van der Waals surface area contributed by atoms with Gasteiger partial charge < -0.3 is 0 Å². The molecule has 88 heavy (non-hydrogen) atoms. The Hall–Kier alpha value is -9.78. The van der Waals surface area contributed by atoms with Gasteiger partial charge in [0.05, 0.1) is 17.1 Å². The van der Waals surface area contributed by atoms with E-state index in [0.29, 0.717) is 11.1 Å². The van der Waals surface area contributed by atoms with Crippen molar-refractivity contribution in [2.45, 2.75) is 85.3 Å². The molecule has 0 unspecified atom stereocenters. The number of rotatable bonds is 6. The minimum atomic E-state index is -2.82. The van der Waals surface area contributed by atoms with E-state index in [-0.39, 0.29) is 22.1 Å². The lowest BCUT2D eigenvalue weighted by atomic mass is 9.83.